The van der Waals surface area contributed by atoms with Crippen LogP contribution in [-0.4, -0.2) is 48.6 Å². The molecule has 0 radical (unpaired) electrons. The lowest BCUT2D eigenvalue weighted by Crippen LogP contribution is -2.64. The van der Waals surface area contributed by atoms with Crippen molar-refractivity contribution in [2.45, 2.75) is 50.7 Å². The van der Waals surface area contributed by atoms with Gasteiger partial charge in [-0.05, 0) is 31.2 Å². The summed E-state index contributed by atoms with van der Waals surface area (Å²) < 4.78 is 31.9. The van der Waals surface area contributed by atoms with Crippen molar-refractivity contribution in [3.05, 3.63) is 35.4 Å². The van der Waals surface area contributed by atoms with Gasteiger partial charge in [0, 0.05) is 51.5 Å². The van der Waals surface area contributed by atoms with Gasteiger partial charge >= 0.3 is 0 Å². The van der Waals surface area contributed by atoms with Crippen molar-refractivity contribution in [1.29, 1.82) is 0 Å². The first-order valence-corrected chi connectivity index (χ1v) is 9.93. The zero-order valence-electron chi connectivity index (χ0n) is 15.8. The van der Waals surface area contributed by atoms with Gasteiger partial charge < -0.3 is 10.1 Å². The van der Waals surface area contributed by atoms with Crippen LogP contribution < -0.4 is 5.32 Å². The Bertz CT molecular complexity index is 695. The summed E-state index contributed by atoms with van der Waals surface area (Å²) in [6.07, 6.45) is 1.26. The third-order valence-corrected chi connectivity index (χ3v) is 6.32. The average Bonchev–Trinajstić information content (AvgIpc) is 2.96. The Balaban J connectivity index is 1.21. The number of alkyl halides is 2. The van der Waals surface area contributed by atoms with Crippen LogP contribution in [0.15, 0.2) is 24.3 Å². The second-order valence-electron chi connectivity index (χ2n) is 8.57. The normalized spacial score (nSPS) is 26.6. The number of nitrogens with zero attached hydrogens (tertiary/aromatic N) is 1. The summed E-state index contributed by atoms with van der Waals surface area (Å²) >= 11 is 0. The van der Waals surface area contributed by atoms with Crippen LogP contribution in [0.4, 0.5) is 8.78 Å². The Morgan fingerprint density at radius 1 is 1.33 bits per heavy atom. The van der Waals surface area contributed by atoms with Crippen LogP contribution in [-0.2, 0) is 16.1 Å². The number of hydrogen-bond acceptors (Lipinski definition) is 3. The molecule has 0 aromatic heterocycles. The van der Waals surface area contributed by atoms with Gasteiger partial charge in [0.25, 0.3) is 0 Å². The topological polar surface area (TPSA) is 41.6 Å². The highest BCUT2D eigenvalue weighted by molar-refractivity contribution is 5.79. The van der Waals surface area contributed by atoms with Crippen LogP contribution in [0.1, 0.15) is 36.8 Å². The minimum Gasteiger partial charge on any atom is -0.372 e. The number of rotatable bonds is 6. The van der Waals surface area contributed by atoms with E-state index in [1.165, 1.54) is 11.1 Å². The molecule has 1 N–H and O–H groups in total. The van der Waals surface area contributed by atoms with E-state index in [0.29, 0.717) is 12.5 Å². The van der Waals surface area contributed by atoms with Crippen LogP contribution in [0.5, 0.6) is 0 Å². The van der Waals surface area contributed by atoms with E-state index >= 15 is 0 Å². The van der Waals surface area contributed by atoms with Crippen molar-refractivity contribution in [3.8, 4) is 0 Å². The number of hydrogen-bond donors (Lipinski definition) is 1. The van der Waals surface area contributed by atoms with Gasteiger partial charge in [-0.2, -0.15) is 0 Å². The molecule has 1 amide bonds. The predicted octanol–water partition coefficient (Wildman–Crippen LogP) is 3.14. The number of ether oxygens (including phenoxy) is 1. The monoisotopic (exact) mass is 378 g/mol. The second-order valence-corrected chi connectivity index (χ2v) is 8.57. The summed E-state index contributed by atoms with van der Waals surface area (Å²) in [5, 5.41) is 2.85. The van der Waals surface area contributed by atoms with Crippen LogP contribution in [0.3, 0.4) is 0 Å². The van der Waals surface area contributed by atoms with Gasteiger partial charge in [-0.1, -0.05) is 29.8 Å². The minimum absolute atomic E-state index is 0.0853. The highest BCUT2D eigenvalue weighted by Crippen LogP contribution is 2.43. The summed E-state index contributed by atoms with van der Waals surface area (Å²) in [7, 11) is 0. The standard InChI is InChI=1S/C21H28F2N2O2/c1-15-3-2-4-16(9-15)12-25-13-20(14-25)18(6-8-27-20)5-7-24-19(26)17-10-21(22,23)11-17/h2-4,9,17-18H,5-8,10-14H2,1H3,(H,24,26)/t18-/m0/s1. The van der Waals surface area contributed by atoms with E-state index in [9.17, 15) is 13.6 Å². The van der Waals surface area contributed by atoms with Crippen molar-refractivity contribution in [3.63, 3.8) is 0 Å². The summed E-state index contributed by atoms with van der Waals surface area (Å²) in [6.45, 7) is 6.21. The van der Waals surface area contributed by atoms with E-state index in [1.54, 1.807) is 0 Å². The van der Waals surface area contributed by atoms with Crippen molar-refractivity contribution in [2.75, 3.05) is 26.2 Å². The lowest BCUT2D eigenvalue weighted by atomic mass is 9.78. The number of nitrogens with one attached hydrogen (secondary N) is 1. The quantitative estimate of drug-likeness (QED) is 0.827. The van der Waals surface area contributed by atoms with Gasteiger partial charge in [0.1, 0.15) is 0 Å². The van der Waals surface area contributed by atoms with E-state index in [0.717, 1.165) is 39.1 Å². The lowest BCUT2D eigenvalue weighted by molar-refractivity contribution is -0.150. The van der Waals surface area contributed by atoms with Crippen LogP contribution in [0, 0.1) is 18.8 Å². The first-order chi connectivity index (χ1) is 12.9. The summed E-state index contributed by atoms with van der Waals surface area (Å²) in [6, 6.07) is 8.58. The van der Waals surface area contributed by atoms with Crippen molar-refractivity contribution >= 4 is 5.91 Å². The maximum Gasteiger partial charge on any atom is 0.249 e. The Kier molecular flexibility index (Phi) is 4.97. The lowest BCUT2D eigenvalue weighted by Gasteiger charge is -2.50. The van der Waals surface area contributed by atoms with Gasteiger partial charge in [0.15, 0.2) is 0 Å². The molecule has 2 heterocycles. The number of aryl methyl sites for hydroxylation is 1. The Morgan fingerprint density at radius 3 is 2.81 bits per heavy atom. The molecule has 1 aromatic rings. The second kappa shape index (κ2) is 7.13. The van der Waals surface area contributed by atoms with Gasteiger partial charge in [-0.15, -0.1) is 0 Å². The molecule has 3 fully saturated rings. The molecule has 4 nitrogen and oxygen atoms in total. The number of halogens is 2. The molecular weight excluding hydrogens is 350 g/mol. The van der Waals surface area contributed by atoms with Crippen molar-refractivity contribution in [2.24, 2.45) is 11.8 Å². The molecule has 1 aromatic carbocycles. The van der Waals surface area contributed by atoms with Gasteiger partial charge in [0.2, 0.25) is 11.8 Å². The summed E-state index contributed by atoms with van der Waals surface area (Å²) in [5.74, 6) is -2.95. The fourth-order valence-corrected chi connectivity index (χ4v) is 4.79. The highest BCUT2D eigenvalue weighted by atomic mass is 19.3. The first kappa shape index (κ1) is 18.8. The Morgan fingerprint density at radius 2 is 2.11 bits per heavy atom. The number of carbonyl (C=O) groups is 1. The van der Waals surface area contributed by atoms with E-state index in [2.05, 4.69) is 41.4 Å². The van der Waals surface area contributed by atoms with Crippen molar-refractivity contribution in [1.82, 2.24) is 10.2 Å². The maximum atomic E-state index is 12.9. The summed E-state index contributed by atoms with van der Waals surface area (Å²) in [4.78, 5) is 14.3. The first-order valence-electron chi connectivity index (χ1n) is 9.93. The van der Waals surface area contributed by atoms with Crippen LogP contribution in [0.2, 0.25) is 0 Å². The molecule has 3 aliphatic rings. The molecule has 2 aliphatic heterocycles. The zero-order valence-corrected chi connectivity index (χ0v) is 15.8. The number of amides is 1. The van der Waals surface area contributed by atoms with E-state index in [-0.39, 0.29) is 24.3 Å². The molecule has 1 spiro atoms. The largest absolute Gasteiger partial charge is 0.372 e. The molecule has 1 saturated carbocycles. The molecule has 2 saturated heterocycles. The number of benzene rings is 1. The van der Waals surface area contributed by atoms with E-state index < -0.39 is 11.8 Å². The maximum absolute atomic E-state index is 12.9. The Hall–Kier alpha value is -1.53. The fourth-order valence-electron chi connectivity index (χ4n) is 4.79. The molecule has 27 heavy (non-hydrogen) atoms. The molecular formula is C21H28F2N2O2. The van der Waals surface area contributed by atoms with Crippen LogP contribution >= 0.6 is 0 Å². The molecule has 148 valence electrons. The molecule has 1 atom stereocenters. The average molecular weight is 378 g/mol. The molecule has 0 bridgehead atoms. The minimum atomic E-state index is -2.64. The van der Waals surface area contributed by atoms with E-state index in [4.69, 9.17) is 4.74 Å². The smallest absolute Gasteiger partial charge is 0.249 e. The van der Waals surface area contributed by atoms with Gasteiger partial charge in [-0.3, -0.25) is 9.69 Å². The molecule has 1 aliphatic carbocycles. The van der Waals surface area contributed by atoms with E-state index in [1.807, 2.05) is 0 Å². The number of likely N-dealkylation sites (tertiary alicyclic amines) is 1. The van der Waals surface area contributed by atoms with Crippen LogP contribution in [0.25, 0.3) is 0 Å². The number of carbonyl (C=O) groups excluding carboxylic acids is 1. The molecule has 6 heteroatoms. The SMILES string of the molecule is Cc1cccc(CN2CC3(C2)OCC[C@@H]3CCNC(=O)C2CC(F)(F)C2)c1. The van der Waals surface area contributed by atoms with Gasteiger partial charge in [0.05, 0.1) is 5.60 Å². The third kappa shape index (κ3) is 4.02. The summed E-state index contributed by atoms with van der Waals surface area (Å²) in [5.41, 5.74) is 2.51. The molecule has 0 unspecified atom stereocenters. The predicted molar refractivity (Wildman–Crippen MR) is 98.5 cm³/mol. The highest BCUT2D eigenvalue weighted by Gasteiger charge is 2.52. The third-order valence-electron chi connectivity index (χ3n) is 6.32. The van der Waals surface area contributed by atoms with Crippen molar-refractivity contribution < 1.29 is 18.3 Å². The Labute approximate surface area is 159 Å². The fraction of sp³-hybridized carbons (Fsp3) is 0.667. The van der Waals surface area contributed by atoms with Gasteiger partial charge in [-0.25, -0.2) is 8.78 Å². The molecule has 4 rings (SSSR count). The zero-order chi connectivity index (χ0) is 19.1.